The lowest BCUT2D eigenvalue weighted by atomic mass is 10.2. The molecule has 0 amide bonds. The number of benzene rings is 1. The Morgan fingerprint density at radius 1 is 0.846 bits per heavy atom. The maximum atomic E-state index is 4.31. The number of hydrogen-bond acceptors (Lipinski definition) is 5. The van der Waals surface area contributed by atoms with E-state index in [0.717, 1.165) is 43.6 Å². The minimum atomic E-state index is 0.722. The van der Waals surface area contributed by atoms with Gasteiger partial charge in [0, 0.05) is 58.4 Å². The summed E-state index contributed by atoms with van der Waals surface area (Å²) in [5.41, 5.74) is 3.50. The molecular formula is C21H29N5. The van der Waals surface area contributed by atoms with Crippen molar-refractivity contribution < 1.29 is 0 Å². The molecule has 2 aliphatic heterocycles. The first-order valence-corrected chi connectivity index (χ1v) is 9.78. The topological polar surface area (TPSA) is 35.5 Å². The molecule has 0 spiro atoms. The van der Waals surface area contributed by atoms with Crippen LogP contribution in [-0.2, 0) is 13.1 Å². The van der Waals surface area contributed by atoms with Crippen LogP contribution >= 0.6 is 0 Å². The number of aryl methyl sites for hydroxylation is 1. The van der Waals surface area contributed by atoms with E-state index in [0.29, 0.717) is 0 Å². The number of hydrogen-bond donors (Lipinski definition) is 0. The van der Waals surface area contributed by atoms with Crippen LogP contribution < -0.4 is 0 Å². The average molecular weight is 351 g/mol. The first-order chi connectivity index (χ1) is 12.8. The summed E-state index contributed by atoms with van der Waals surface area (Å²) in [6.45, 7) is 11.0. The molecule has 138 valence electrons. The van der Waals surface area contributed by atoms with Crippen LogP contribution in [0.25, 0.3) is 0 Å². The third kappa shape index (κ3) is 4.47. The molecule has 3 heterocycles. The van der Waals surface area contributed by atoms with Crippen molar-refractivity contribution in [3.8, 4) is 0 Å². The molecule has 0 saturated carbocycles. The molecule has 1 atom stereocenters. The maximum Gasteiger partial charge on any atom is 0.0771 e. The van der Waals surface area contributed by atoms with Gasteiger partial charge in [0.2, 0.25) is 0 Å². The predicted octanol–water partition coefficient (Wildman–Crippen LogP) is 2.18. The Labute approximate surface area is 156 Å². The van der Waals surface area contributed by atoms with Crippen molar-refractivity contribution in [2.45, 2.75) is 32.5 Å². The molecule has 0 N–H and O–H groups in total. The van der Waals surface area contributed by atoms with Gasteiger partial charge in [0.05, 0.1) is 11.4 Å². The van der Waals surface area contributed by atoms with E-state index < -0.39 is 0 Å². The van der Waals surface area contributed by atoms with Gasteiger partial charge in [0.1, 0.15) is 0 Å². The zero-order valence-electron chi connectivity index (χ0n) is 15.7. The Kier molecular flexibility index (Phi) is 5.58. The van der Waals surface area contributed by atoms with E-state index in [2.05, 4.69) is 67.4 Å². The smallest absolute Gasteiger partial charge is 0.0771 e. The molecule has 0 bridgehead atoms. The van der Waals surface area contributed by atoms with Crippen molar-refractivity contribution in [2.75, 3.05) is 39.3 Å². The maximum absolute atomic E-state index is 4.31. The van der Waals surface area contributed by atoms with Gasteiger partial charge in [-0.25, -0.2) is 0 Å². The number of aromatic nitrogens is 2. The molecule has 26 heavy (non-hydrogen) atoms. The minimum absolute atomic E-state index is 0.722. The van der Waals surface area contributed by atoms with Crippen LogP contribution in [0.2, 0.25) is 0 Å². The van der Waals surface area contributed by atoms with Crippen LogP contribution in [-0.4, -0.2) is 70.2 Å². The van der Waals surface area contributed by atoms with Crippen LogP contribution in [0.3, 0.4) is 0 Å². The van der Waals surface area contributed by atoms with Crippen LogP contribution in [0.5, 0.6) is 0 Å². The standard InChI is InChI=1S/C21H29N5/c1-18-7-8-20(23-22-18)16-24-11-13-26(14-12-24)21-9-10-25(17-21)15-19-5-3-2-4-6-19/h2-8,21H,9-17H2,1H3/t21-/m0/s1. The summed E-state index contributed by atoms with van der Waals surface area (Å²) >= 11 is 0. The second kappa shape index (κ2) is 8.25. The molecule has 1 aromatic heterocycles. The fourth-order valence-electron chi connectivity index (χ4n) is 4.12. The van der Waals surface area contributed by atoms with Gasteiger partial charge in [0.25, 0.3) is 0 Å². The summed E-state index contributed by atoms with van der Waals surface area (Å²) in [4.78, 5) is 7.81. The molecule has 5 heteroatoms. The Bertz CT molecular complexity index is 679. The van der Waals surface area contributed by atoms with Gasteiger partial charge in [-0.2, -0.15) is 10.2 Å². The Balaban J connectivity index is 1.23. The van der Waals surface area contributed by atoms with E-state index >= 15 is 0 Å². The Morgan fingerprint density at radius 3 is 2.38 bits per heavy atom. The SMILES string of the molecule is Cc1ccc(CN2CCN([C@H]3CCN(Cc4ccccc4)C3)CC2)nn1. The predicted molar refractivity (Wildman–Crippen MR) is 104 cm³/mol. The van der Waals surface area contributed by atoms with Crippen molar-refractivity contribution >= 4 is 0 Å². The molecule has 0 aliphatic carbocycles. The van der Waals surface area contributed by atoms with Crippen molar-refractivity contribution in [1.29, 1.82) is 0 Å². The highest BCUT2D eigenvalue weighted by atomic mass is 15.3. The zero-order chi connectivity index (χ0) is 17.8. The normalized spacial score (nSPS) is 22.7. The molecular weight excluding hydrogens is 322 g/mol. The number of piperazine rings is 1. The Hall–Kier alpha value is -1.82. The van der Waals surface area contributed by atoms with Gasteiger partial charge < -0.3 is 0 Å². The van der Waals surface area contributed by atoms with Gasteiger partial charge in [-0.05, 0) is 31.0 Å². The zero-order valence-corrected chi connectivity index (χ0v) is 15.7. The molecule has 2 saturated heterocycles. The largest absolute Gasteiger partial charge is 0.297 e. The molecule has 0 unspecified atom stereocenters. The highest BCUT2D eigenvalue weighted by molar-refractivity contribution is 5.14. The lowest BCUT2D eigenvalue weighted by molar-refractivity contribution is 0.0922. The third-order valence-electron chi connectivity index (χ3n) is 5.66. The summed E-state index contributed by atoms with van der Waals surface area (Å²) in [5, 5.41) is 8.48. The van der Waals surface area contributed by atoms with E-state index in [-0.39, 0.29) is 0 Å². The fourth-order valence-corrected chi connectivity index (χ4v) is 4.12. The summed E-state index contributed by atoms with van der Waals surface area (Å²) in [7, 11) is 0. The van der Waals surface area contributed by atoms with E-state index in [1.54, 1.807) is 0 Å². The fraction of sp³-hybridized carbons (Fsp3) is 0.524. The molecule has 5 nitrogen and oxygen atoms in total. The summed E-state index contributed by atoms with van der Waals surface area (Å²) < 4.78 is 0. The van der Waals surface area contributed by atoms with E-state index in [4.69, 9.17) is 0 Å². The van der Waals surface area contributed by atoms with Gasteiger partial charge in [-0.15, -0.1) is 0 Å². The number of rotatable bonds is 5. The minimum Gasteiger partial charge on any atom is -0.297 e. The molecule has 1 aromatic carbocycles. The van der Waals surface area contributed by atoms with Gasteiger partial charge in [-0.3, -0.25) is 14.7 Å². The average Bonchev–Trinajstić information content (AvgIpc) is 3.13. The highest BCUT2D eigenvalue weighted by Gasteiger charge is 2.29. The lowest BCUT2D eigenvalue weighted by Crippen LogP contribution is -2.50. The first-order valence-electron chi connectivity index (χ1n) is 9.78. The second-order valence-corrected chi connectivity index (χ2v) is 7.64. The molecule has 4 rings (SSSR count). The first kappa shape index (κ1) is 17.6. The number of nitrogens with zero attached hydrogens (tertiary/aromatic N) is 5. The van der Waals surface area contributed by atoms with Crippen LogP contribution in [0, 0.1) is 6.92 Å². The third-order valence-corrected chi connectivity index (χ3v) is 5.66. The van der Waals surface area contributed by atoms with E-state index in [1.165, 1.54) is 38.2 Å². The summed E-state index contributed by atoms with van der Waals surface area (Å²) in [5.74, 6) is 0. The van der Waals surface area contributed by atoms with Crippen LogP contribution in [0.4, 0.5) is 0 Å². The van der Waals surface area contributed by atoms with E-state index in [1.807, 2.05) is 6.92 Å². The lowest BCUT2D eigenvalue weighted by Gasteiger charge is -2.37. The summed E-state index contributed by atoms with van der Waals surface area (Å²) in [6, 6.07) is 15.7. The molecule has 0 radical (unpaired) electrons. The van der Waals surface area contributed by atoms with Crippen molar-refractivity contribution in [3.05, 3.63) is 59.4 Å². The van der Waals surface area contributed by atoms with Gasteiger partial charge in [-0.1, -0.05) is 30.3 Å². The van der Waals surface area contributed by atoms with Crippen LogP contribution in [0.15, 0.2) is 42.5 Å². The number of likely N-dealkylation sites (tertiary alicyclic amines) is 1. The van der Waals surface area contributed by atoms with Crippen molar-refractivity contribution in [3.63, 3.8) is 0 Å². The van der Waals surface area contributed by atoms with Crippen LogP contribution in [0.1, 0.15) is 23.4 Å². The Morgan fingerprint density at radius 2 is 1.65 bits per heavy atom. The monoisotopic (exact) mass is 351 g/mol. The van der Waals surface area contributed by atoms with Crippen molar-refractivity contribution in [2.24, 2.45) is 0 Å². The van der Waals surface area contributed by atoms with Gasteiger partial charge >= 0.3 is 0 Å². The quantitative estimate of drug-likeness (QED) is 0.825. The van der Waals surface area contributed by atoms with E-state index in [9.17, 15) is 0 Å². The highest BCUT2D eigenvalue weighted by Crippen LogP contribution is 2.20. The molecule has 2 aliphatic rings. The second-order valence-electron chi connectivity index (χ2n) is 7.64. The van der Waals surface area contributed by atoms with Gasteiger partial charge in [0.15, 0.2) is 0 Å². The summed E-state index contributed by atoms with van der Waals surface area (Å²) in [6.07, 6.45) is 1.30. The molecule has 2 aromatic rings. The van der Waals surface area contributed by atoms with Crippen molar-refractivity contribution in [1.82, 2.24) is 24.9 Å². The molecule has 2 fully saturated rings.